The highest BCUT2D eigenvalue weighted by Crippen LogP contribution is 2.24. The second-order valence-corrected chi connectivity index (χ2v) is 6.36. The molecule has 4 nitrogen and oxygen atoms in total. The molecule has 1 saturated heterocycles. The number of aliphatic hydroxyl groups is 1. The van der Waals surface area contributed by atoms with Crippen LogP contribution < -0.4 is 0 Å². The van der Waals surface area contributed by atoms with Crippen LogP contribution in [-0.4, -0.2) is 45.2 Å². The number of rotatable bonds is 4. The van der Waals surface area contributed by atoms with Crippen LogP contribution in [0.3, 0.4) is 0 Å². The van der Waals surface area contributed by atoms with Gasteiger partial charge in [-0.2, -0.15) is 16.9 Å². The largest absolute Gasteiger partial charge is 0.390 e. The summed E-state index contributed by atoms with van der Waals surface area (Å²) in [5.41, 5.74) is 2.03. The van der Waals surface area contributed by atoms with E-state index in [1.165, 1.54) is 0 Å². The van der Waals surface area contributed by atoms with Gasteiger partial charge in [-0.3, -0.25) is 4.68 Å². The Morgan fingerprint density at radius 3 is 3.06 bits per heavy atom. The van der Waals surface area contributed by atoms with Gasteiger partial charge in [-0.15, -0.1) is 0 Å². The molecule has 6 heteroatoms. The molecular weight excluding hydrogens is 316 g/mol. The Balaban J connectivity index is 2.08. The predicted molar refractivity (Wildman–Crippen MR) is 77.1 cm³/mol. The summed E-state index contributed by atoms with van der Waals surface area (Å²) in [6.07, 6.45) is 0.0622. The lowest BCUT2D eigenvalue weighted by molar-refractivity contribution is -0.0216. The minimum absolute atomic E-state index is 0.0591. The maximum Gasteiger partial charge on any atom is 0.0928 e. The summed E-state index contributed by atoms with van der Waals surface area (Å²) in [6, 6.07) is 0. The molecule has 102 valence electrons. The van der Waals surface area contributed by atoms with Crippen molar-refractivity contribution in [3.63, 3.8) is 0 Å². The number of hydrogen-bond donors (Lipinski definition) is 1. The van der Waals surface area contributed by atoms with Gasteiger partial charge in [-0.25, -0.2) is 0 Å². The highest BCUT2D eigenvalue weighted by Gasteiger charge is 2.25. The molecule has 0 bridgehead atoms. The Hall–Kier alpha value is -0.0400. The number of halogens is 1. The first-order valence-corrected chi connectivity index (χ1v) is 8.17. The van der Waals surface area contributed by atoms with E-state index < -0.39 is 6.10 Å². The quantitative estimate of drug-likeness (QED) is 0.914. The summed E-state index contributed by atoms with van der Waals surface area (Å²) in [5.74, 6) is 1.90. The van der Waals surface area contributed by atoms with E-state index in [9.17, 15) is 5.11 Å². The van der Waals surface area contributed by atoms with Crippen molar-refractivity contribution in [1.29, 1.82) is 0 Å². The van der Waals surface area contributed by atoms with Gasteiger partial charge in [0.15, 0.2) is 0 Å². The molecule has 1 aliphatic rings. The molecule has 0 amide bonds. The van der Waals surface area contributed by atoms with Crippen molar-refractivity contribution in [2.24, 2.45) is 0 Å². The van der Waals surface area contributed by atoms with Gasteiger partial charge in [0.25, 0.3) is 0 Å². The Kier molecular flexibility index (Phi) is 5.12. The van der Waals surface area contributed by atoms with Crippen LogP contribution >= 0.6 is 27.7 Å². The lowest BCUT2D eigenvalue weighted by Gasteiger charge is -2.27. The topological polar surface area (TPSA) is 47.3 Å². The highest BCUT2D eigenvalue weighted by atomic mass is 79.9. The molecule has 0 radical (unpaired) electrons. The van der Waals surface area contributed by atoms with Gasteiger partial charge >= 0.3 is 0 Å². The average Bonchev–Trinajstić information content (AvgIpc) is 2.67. The van der Waals surface area contributed by atoms with E-state index in [0.29, 0.717) is 6.42 Å². The van der Waals surface area contributed by atoms with E-state index in [-0.39, 0.29) is 6.10 Å². The fourth-order valence-corrected chi connectivity index (χ4v) is 3.50. The smallest absolute Gasteiger partial charge is 0.0928 e. The molecule has 1 aromatic heterocycles. The van der Waals surface area contributed by atoms with Gasteiger partial charge in [0.05, 0.1) is 34.7 Å². The Morgan fingerprint density at radius 2 is 2.44 bits per heavy atom. The normalized spacial score (nSPS) is 22.1. The first-order chi connectivity index (χ1) is 8.63. The van der Waals surface area contributed by atoms with Gasteiger partial charge < -0.3 is 9.84 Å². The predicted octanol–water partition coefficient (Wildman–Crippen LogP) is 2.01. The van der Waals surface area contributed by atoms with Gasteiger partial charge in [0, 0.05) is 24.5 Å². The van der Waals surface area contributed by atoms with Crippen molar-refractivity contribution < 1.29 is 9.84 Å². The number of aliphatic hydroxyl groups excluding tert-OH is 1. The van der Waals surface area contributed by atoms with Crippen molar-refractivity contribution in [3.8, 4) is 0 Å². The molecular formula is C12H19BrN2O2S. The zero-order valence-corrected chi connectivity index (χ0v) is 13.1. The van der Waals surface area contributed by atoms with Crippen molar-refractivity contribution in [3.05, 3.63) is 15.9 Å². The molecule has 2 rings (SSSR count). The third-order valence-corrected chi connectivity index (χ3v) is 5.18. The fourth-order valence-electron chi connectivity index (χ4n) is 2.12. The van der Waals surface area contributed by atoms with Crippen LogP contribution in [0.25, 0.3) is 0 Å². The van der Waals surface area contributed by atoms with E-state index in [0.717, 1.165) is 40.5 Å². The van der Waals surface area contributed by atoms with Crippen LogP contribution in [0.15, 0.2) is 4.47 Å². The molecule has 0 aromatic carbocycles. The summed E-state index contributed by atoms with van der Waals surface area (Å²) in [7, 11) is 0. The number of aryl methyl sites for hydroxylation is 2. The van der Waals surface area contributed by atoms with Gasteiger partial charge in [0.1, 0.15) is 0 Å². The summed E-state index contributed by atoms with van der Waals surface area (Å²) in [6.45, 7) is 5.58. The van der Waals surface area contributed by atoms with Crippen molar-refractivity contribution in [1.82, 2.24) is 9.78 Å². The van der Waals surface area contributed by atoms with Crippen LogP contribution in [0, 0.1) is 6.92 Å². The number of nitrogens with zero attached hydrogens (tertiary/aromatic N) is 2. The molecule has 2 unspecified atom stereocenters. The summed E-state index contributed by atoms with van der Waals surface area (Å²) in [5, 5.41) is 14.7. The molecule has 0 spiro atoms. The molecule has 1 fully saturated rings. The molecule has 18 heavy (non-hydrogen) atoms. The Labute approximate surface area is 120 Å². The summed E-state index contributed by atoms with van der Waals surface area (Å²) >= 11 is 5.40. The molecule has 1 aromatic rings. The molecule has 0 saturated carbocycles. The standard InChI is InChI=1S/C12H19BrN2O2S/c1-3-15-9(12(13)8(2)14-15)6-10(16)11-7-18-5-4-17-11/h10-11,16H,3-7H2,1-2H3. The Morgan fingerprint density at radius 1 is 1.67 bits per heavy atom. The van der Waals surface area contributed by atoms with Crippen LogP contribution in [-0.2, 0) is 17.7 Å². The average molecular weight is 335 g/mol. The van der Waals surface area contributed by atoms with E-state index in [1.807, 2.05) is 23.4 Å². The highest BCUT2D eigenvalue weighted by molar-refractivity contribution is 9.10. The fraction of sp³-hybridized carbons (Fsp3) is 0.750. The van der Waals surface area contributed by atoms with E-state index >= 15 is 0 Å². The monoisotopic (exact) mass is 334 g/mol. The number of ether oxygens (including phenoxy) is 1. The molecule has 0 aliphatic carbocycles. The third kappa shape index (κ3) is 3.10. The maximum absolute atomic E-state index is 10.3. The van der Waals surface area contributed by atoms with E-state index in [1.54, 1.807) is 0 Å². The van der Waals surface area contributed by atoms with Crippen molar-refractivity contribution >= 4 is 27.7 Å². The maximum atomic E-state index is 10.3. The second kappa shape index (κ2) is 6.41. The van der Waals surface area contributed by atoms with Crippen LogP contribution in [0.2, 0.25) is 0 Å². The minimum atomic E-state index is -0.463. The zero-order valence-electron chi connectivity index (χ0n) is 10.7. The zero-order chi connectivity index (χ0) is 13.1. The van der Waals surface area contributed by atoms with Crippen LogP contribution in [0.1, 0.15) is 18.3 Å². The first-order valence-electron chi connectivity index (χ1n) is 6.22. The van der Waals surface area contributed by atoms with E-state index in [2.05, 4.69) is 28.0 Å². The SMILES string of the molecule is CCn1nc(C)c(Br)c1CC(O)C1CSCCO1. The van der Waals surface area contributed by atoms with Gasteiger partial charge in [-0.05, 0) is 29.8 Å². The lowest BCUT2D eigenvalue weighted by Crippen LogP contribution is -2.37. The first kappa shape index (κ1) is 14.4. The van der Waals surface area contributed by atoms with Gasteiger partial charge in [-0.1, -0.05) is 0 Å². The van der Waals surface area contributed by atoms with E-state index in [4.69, 9.17) is 4.74 Å². The molecule has 2 atom stereocenters. The van der Waals surface area contributed by atoms with Crippen molar-refractivity contribution in [2.45, 2.75) is 39.0 Å². The minimum Gasteiger partial charge on any atom is -0.390 e. The number of aromatic nitrogens is 2. The summed E-state index contributed by atoms with van der Waals surface area (Å²) in [4.78, 5) is 0. The molecule has 1 aliphatic heterocycles. The second-order valence-electron chi connectivity index (χ2n) is 4.42. The van der Waals surface area contributed by atoms with Crippen LogP contribution in [0.4, 0.5) is 0 Å². The Bertz CT molecular complexity index is 405. The third-order valence-electron chi connectivity index (χ3n) is 3.13. The molecule has 1 N–H and O–H groups in total. The molecule has 2 heterocycles. The lowest BCUT2D eigenvalue weighted by atomic mass is 10.1. The van der Waals surface area contributed by atoms with Gasteiger partial charge in [0.2, 0.25) is 0 Å². The summed E-state index contributed by atoms with van der Waals surface area (Å²) < 4.78 is 8.57. The number of thioether (sulfide) groups is 1. The van der Waals surface area contributed by atoms with Crippen molar-refractivity contribution in [2.75, 3.05) is 18.1 Å². The number of hydrogen-bond acceptors (Lipinski definition) is 4. The van der Waals surface area contributed by atoms with Crippen LogP contribution in [0.5, 0.6) is 0 Å².